The molecule has 0 bridgehead atoms. The summed E-state index contributed by atoms with van der Waals surface area (Å²) in [6, 6.07) is 4.18. The fourth-order valence-corrected chi connectivity index (χ4v) is 2.32. The van der Waals surface area contributed by atoms with Crippen molar-refractivity contribution >= 4 is 0 Å². The predicted octanol–water partition coefficient (Wildman–Crippen LogP) is 5.15. The Kier molecular flexibility index (Phi) is 4.03. The summed E-state index contributed by atoms with van der Waals surface area (Å²) >= 11 is 0. The van der Waals surface area contributed by atoms with Crippen molar-refractivity contribution in [1.29, 1.82) is 0 Å². The van der Waals surface area contributed by atoms with Gasteiger partial charge in [0.1, 0.15) is 11.6 Å². The Balaban J connectivity index is 2.05. The van der Waals surface area contributed by atoms with Crippen LogP contribution in [0.4, 0.5) is 13.2 Å². The Hall–Kier alpha value is -1.19. The number of alkyl halides is 2. The van der Waals surface area contributed by atoms with Crippen molar-refractivity contribution in [3.63, 3.8) is 0 Å². The van der Waals surface area contributed by atoms with Gasteiger partial charge in [0.2, 0.25) is 5.92 Å². The van der Waals surface area contributed by atoms with Gasteiger partial charge in [-0.25, -0.2) is 13.2 Å². The molecule has 0 radical (unpaired) electrons. The lowest BCUT2D eigenvalue weighted by Gasteiger charge is -2.36. The molecule has 112 valence electrons. The van der Waals surface area contributed by atoms with E-state index in [-0.39, 0.29) is 24.2 Å². The van der Waals surface area contributed by atoms with Gasteiger partial charge in [0, 0.05) is 18.4 Å². The van der Waals surface area contributed by atoms with Crippen LogP contribution < -0.4 is 4.74 Å². The minimum absolute atomic E-state index is 0.143. The molecule has 0 amide bonds. The van der Waals surface area contributed by atoms with E-state index in [0.717, 1.165) is 6.42 Å². The molecule has 0 heterocycles. The minimum atomic E-state index is -2.61. The maximum Gasteiger partial charge on any atom is 0.249 e. The van der Waals surface area contributed by atoms with E-state index in [1.54, 1.807) is 6.07 Å². The average molecular weight is 286 g/mol. The molecule has 0 N–H and O–H groups in total. The van der Waals surface area contributed by atoms with Crippen LogP contribution in [0.5, 0.6) is 5.75 Å². The summed E-state index contributed by atoms with van der Waals surface area (Å²) in [5.74, 6) is -2.78. The summed E-state index contributed by atoms with van der Waals surface area (Å²) in [6.45, 7) is 6.82. The summed E-state index contributed by atoms with van der Waals surface area (Å²) in [6.07, 6.45) is 0.419. The molecule has 0 spiro atoms. The van der Waals surface area contributed by atoms with E-state index in [4.69, 9.17) is 4.74 Å². The highest BCUT2D eigenvalue weighted by Gasteiger charge is 2.46. The number of hydrogen-bond donors (Lipinski definition) is 0. The zero-order valence-electron chi connectivity index (χ0n) is 12.2. The van der Waals surface area contributed by atoms with Gasteiger partial charge in [-0.1, -0.05) is 20.8 Å². The fraction of sp³-hybridized carbons (Fsp3) is 0.625. The first-order valence-electron chi connectivity index (χ1n) is 6.96. The topological polar surface area (TPSA) is 9.23 Å². The first kappa shape index (κ1) is 15.2. The van der Waals surface area contributed by atoms with Crippen LogP contribution in [0.25, 0.3) is 0 Å². The Morgan fingerprint density at radius 1 is 1.25 bits per heavy atom. The third kappa shape index (κ3) is 3.90. The van der Waals surface area contributed by atoms with Gasteiger partial charge in [-0.05, 0) is 36.0 Å². The van der Waals surface area contributed by atoms with E-state index in [2.05, 4.69) is 20.8 Å². The van der Waals surface area contributed by atoms with Crippen LogP contribution in [-0.4, -0.2) is 12.5 Å². The zero-order valence-corrected chi connectivity index (χ0v) is 12.2. The number of benzene rings is 1. The van der Waals surface area contributed by atoms with Crippen molar-refractivity contribution in [2.45, 2.75) is 51.9 Å². The second kappa shape index (κ2) is 5.30. The zero-order chi connectivity index (χ0) is 15.0. The van der Waals surface area contributed by atoms with Crippen LogP contribution in [0.2, 0.25) is 0 Å². The molecule has 0 saturated heterocycles. The first-order chi connectivity index (χ1) is 9.16. The number of halogens is 3. The van der Waals surface area contributed by atoms with Gasteiger partial charge < -0.3 is 4.74 Å². The molecule has 1 aliphatic rings. The highest BCUT2D eigenvalue weighted by Crippen LogP contribution is 2.50. The Bertz CT molecular complexity index is 469. The van der Waals surface area contributed by atoms with Gasteiger partial charge in [0.15, 0.2) is 0 Å². The number of rotatable bonds is 4. The van der Waals surface area contributed by atoms with E-state index in [1.165, 1.54) is 12.1 Å². The molecule has 2 rings (SSSR count). The van der Waals surface area contributed by atoms with Gasteiger partial charge in [-0.2, -0.15) is 0 Å². The van der Waals surface area contributed by atoms with Crippen LogP contribution >= 0.6 is 0 Å². The molecule has 1 saturated carbocycles. The molecule has 1 fully saturated rings. The SMILES string of the molecule is CC(C)(C)CCOc1ccc(F)cc1C1CC(F)(F)C1. The van der Waals surface area contributed by atoms with Crippen molar-refractivity contribution < 1.29 is 17.9 Å². The quantitative estimate of drug-likeness (QED) is 0.743. The Labute approximate surface area is 118 Å². The molecule has 0 aliphatic heterocycles. The van der Waals surface area contributed by atoms with E-state index in [0.29, 0.717) is 17.9 Å². The standard InChI is InChI=1S/C16H21F3O/c1-15(2,3)6-7-20-14-5-4-12(17)8-13(14)11-9-16(18,19)10-11/h4-5,8,11H,6-7,9-10H2,1-3H3. The Morgan fingerprint density at radius 3 is 2.45 bits per heavy atom. The molecule has 1 aromatic rings. The first-order valence-corrected chi connectivity index (χ1v) is 6.96. The normalized spacial score (nSPS) is 18.7. The van der Waals surface area contributed by atoms with Crippen LogP contribution in [-0.2, 0) is 0 Å². The molecular formula is C16H21F3O. The smallest absolute Gasteiger partial charge is 0.249 e. The minimum Gasteiger partial charge on any atom is -0.493 e. The third-order valence-corrected chi connectivity index (χ3v) is 3.61. The maximum absolute atomic E-state index is 13.3. The van der Waals surface area contributed by atoms with Gasteiger partial charge in [0.25, 0.3) is 0 Å². The summed E-state index contributed by atoms with van der Waals surface area (Å²) in [5.41, 5.74) is 0.716. The molecular weight excluding hydrogens is 265 g/mol. The summed E-state index contributed by atoms with van der Waals surface area (Å²) in [4.78, 5) is 0. The van der Waals surface area contributed by atoms with Crippen LogP contribution in [0.1, 0.15) is 51.5 Å². The fourth-order valence-electron chi connectivity index (χ4n) is 2.32. The second-order valence-electron chi connectivity index (χ2n) is 6.80. The number of hydrogen-bond acceptors (Lipinski definition) is 1. The largest absolute Gasteiger partial charge is 0.493 e. The lowest BCUT2D eigenvalue weighted by Crippen LogP contribution is -2.34. The second-order valence-corrected chi connectivity index (χ2v) is 6.80. The molecule has 0 atom stereocenters. The predicted molar refractivity (Wildman–Crippen MR) is 72.9 cm³/mol. The van der Waals surface area contributed by atoms with Crippen molar-refractivity contribution in [3.05, 3.63) is 29.6 Å². The van der Waals surface area contributed by atoms with Crippen LogP contribution in [0, 0.1) is 11.2 Å². The lowest BCUT2D eigenvalue weighted by molar-refractivity contribution is -0.0871. The molecule has 0 unspecified atom stereocenters. The number of ether oxygens (including phenoxy) is 1. The van der Waals surface area contributed by atoms with Crippen LogP contribution in [0.15, 0.2) is 18.2 Å². The van der Waals surface area contributed by atoms with Gasteiger partial charge in [-0.3, -0.25) is 0 Å². The third-order valence-electron chi connectivity index (χ3n) is 3.61. The molecule has 4 heteroatoms. The molecule has 0 aromatic heterocycles. The van der Waals surface area contributed by atoms with Crippen molar-refractivity contribution in [1.82, 2.24) is 0 Å². The lowest BCUT2D eigenvalue weighted by atomic mass is 9.76. The molecule has 1 aromatic carbocycles. The van der Waals surface area contributed by atoms with Crippen LogP contribution in [0.3, 0.4) is 0 Å². The highest BCUT2D eigenvalue weighted by atomic mass is 19.3. The van der Waals surface area contributed by atoms with E-state index in [1.807, 2.05) is 0 Å². The van der Waals surface area contributed by atoms with E-state index < -0.39 is 11.7 Å². The molecule has 1 nitrogen and oxygen atoms in total. The molecule has 1 aliphatic carbocycles. The van der Waals surface area contributed by atoms with Gasteiger partial charge in [-0.15, -0.1) is 0 Å². The highest BCUT2D eigenvalue weighted by molar-refractivity contribution is 5.38. The van der Waals surface area contributed by atoms with E-state index in [9.17, 15) is 13.2 Å². The molecule has 20 heavy (non-hydrogen) atoms. The summed E-state index contributed by atoms with van der Waals surface area (Å²) in [5, 5.41) is 0. The monoisotopic (exact) mass is 286 g/mol. The maximum atomic E-state index is 13.3. The summed E-state index contributed by atoms with van der Waals surface area (Å²) < 4.78 is 45.0. The van der Waals surface area contributed by atoms with Crippen molar-refractivity contribution in [2.24, 2.45) is 5.41 Å². The van der Waals surface area contributed by atoms with Gasteiger partial charge >= 0.3 is 0 Å². The van der Waals surface area contributed by atoms with Crippen molar-refractivity contribution in [2.75, 3.05) is 6.61 Å². The van der Waals surface area contributed by atoms with E-state index >= 15 is 0 Å². The van der Waals surface area contributed by atoms with Crippen molar-refractivity contribution in [3.8, 4) is 5.75 Å². The summed E-state index contributed by atoms with van der Waals surface area (Å²) in [7, 11) is 0. The van der Waals surface area contributed by atoms with Gasteiger partial charge in [0.05, 0.1) is 6.61 Å². The average Bonchev–Trinajstić information content (AvgIpc) is 2.26. The Morgan fingerprint density at radius 2 is 1.90 bits per heavy atom.